The van der Waals surface area contributed by atoms with Gasteiger partial charge in [0.15, 0.2) is 11.9 Å². The maximum absolute atomic E-state index is 5.41. The number of ether oxygens (including phenoxy) is 1. The Kier molecular flexibility index (Phi) is 24.7. The smallest absolute Gasteiger partial charge is 0.196 e. The van der Waals surface area contributed by atoms with E-state index in [9.17, 15) is 0 Å². The van der Waals surface area contributed by atoms with E-state index in [2.05, 4.69) is 92.1 Å². The van der Waals surface area contributed by atoms with Gasteiger partial charge in [-0.2, -0.15) is 0 Å². The minimum Gasteiger partial charge on any atom is -0.378 e. The molecule has 0 saturated carbocycles. The molecule has 37 heavy (non-hydrogen) atoms. The summed E-state index contributed by atoms with van der Waals surface area (Å²) in [5.41, 5.74) is 1.13. The summed E-state index contributed by atoms with van der Waals surface area (Å²) in [4.78, 5) is 22.5. The fourth-order valence-corrected chi connectivity index (χ4v) is 3.52. The number of aliphatic imine (C=N–C) groups is 3. The highest BCUT2D eigenvalue weighted by Gasteiger charge is 2.19. The lowest BCUT2D eigenvalue weighted by Gasteiger charge is -2.35. The Bertz CT molecular complexity index is 597. The highest BCUT2D eigenvalue weighted by molar-refractivity contribution is 5.80. The van der Waals surface area contributed by atoms with Crippen molar-refractivity contribution in [3.8, 4) is 0 Å². The number of hydrogen-bond donors (Lipinski definition) is 0. The van der Waals surface area contributed by atoms with E-state index < -0.39 is 0 Å². The van der Waals surface area contributed by atoms with Crippen molar-refractivity contribution in [2.45, 2.75) is 81.6 Å². The number of morpholine rings is 1. The Hall–Kier alpha value is -1.83. The van der Waals surface area contributed by atoms with Gasteiger partial charge in [0.05, 0.1) is 13.2 Å². The molecule has 1 aliphatic heterocycles. The first-order valence-corrected chi connectivity index (χ1v) is 14.6. The van der Waals surface area contributed by atoms with Crippen LogP contribution in [-0.4, -0.2) is 124 Å². The van der Waals surface area contributed by atoms with Gasteiger partial charge in [0.25, 0.3) is 0 Å². The zero-order chi connectivity index (χ0) is 28.6. The summed E-state index contributed by atoms with van der Waals surface area (Å²) in [6.45, 7) is 29.0. The first-order chi connectivity index (χ1) is 17.6. The Morgan fingerprint density at radius 2 is 1.35 bits per heavy atom. The van der Waals surface area contributed by atoms with Crippen LogP contribution in [0.15, 0.2) is 15.0 Å². The molecule has 8 heteroatoms. The fourth-order valence-electron chi connectivity index (χ4n) is 3.52. The standard InChI is InChI=1S/C13H27N3O.C12H27N3.C4H9N/c1-5-15(6-2)13(14-11-12(3)4)16-7-9-17-10-8-16;1-6-9-13-12(14(4)5)15(10-7-2)11-8-3;1-4(2)5-3/h12H,5-11H2,1-4H3;6-11H2,1-5H3;1-3H3. The van der Waals surface area contributed by atoms with Gasteiger partial charge >= 0.3 is 0 Å². The van der Waals surface area contributed by atoms with Gasteiger partial charge in [-0.05, 0) is 52.9 Å². The van der Waals surface area contributed by atoms with Crippen LogP contribution in [0, 0.1) is 5.92 Å². The Morgan fingerprint density at radius 1 is 0.838 bits per heavy atom. The maximum Gasteiger partial charge on any atom is 0.196 e. The average molecular weight is 526 g/mol. The van der Waals surface area contributed by atoms with Crippen LogP contribution in [0.5, 0.6) is 0 Å². The molecule has 0 N–H and O–H groups in total. The second-order valence-electron chi connectivity index (χ2n) is 10.0. The van der Waals surface area contributed by atoms with Crippen molar-refractivity contribution in [3.63, 3.8) is 0 Å². The molecule has 0 unspecified atom stereocenters. The number of rotatable bonds is 10. The zero-order valence-corrected chi connectivity index (χ0v) is 26.8. The minimum atomic E-state index is 0.613. The third kappa shape index (κ3) is 19.0. The summed E-state index contributed by atoms with van der Waals surface area (Å²) in [5.74, 6) is 2.91. The van der Waals surface area contributed by atoms with E-state index in [4.69, 9.17) is 9.73 Å². The van der Waals surface area contributed by atoms with E-state index in [1.165, 1.54) is 12.8 Å². The highest BCUT2D eigenvalue weighted by atomic mass is 16.5. The van der Waals surface area contributed by atoms with Crippen molar-refractivity contribution >= 4 is 17.6 Å². The van der Waals surface area contributed by atoms with Gasteiger partial charge in [-0.3, -0.25) is 15.0 Å². The molecule has 1 fully saturated rings. The summed E-state index contributed by atoms with van der Waals surface area (Å²) in [6, 6.07) is 0. The second-order valence-corrected chi connectivity index (χ2v) is 10.0. The molecule has 0 atom stereocenters. The molecule has 1 rings (SSSR count). The van der Waals surface area contributed by atoms with Crippen LogP contribution in [0.4, 0.5) is 0 Å². The van der Waals surface area contributed by atoms with Gasteiger partial charge < -0.3 is 24.3 Å². The predicted molar refractivity (Wildman–Crippen MR) is 166 cm³/mol. The van der Waals surface area contributed by atoms with E-state index in [0.29, 0.717) is 5.92 Å². The largest absolute Gasteiger partial charge is 0.378 e. The predicted octanol–water partition coefficient (Wildman–Crippen LogP) is 5.21. The molecular formula is C29H63N7O. The molecule has 0 aromatic heterocycles. The van der Waals surface area contributed by atoms with Crippen LogP contribution in [-0.2, 0) is 4.74 Å². The monoisotopic (exact) mass is 526 g/mol. The lowest BCUT2D eigenvalue weighted by Crippen LogP contribution is -2.49. The highest BCUT2D eigenvalue weighted by Crippen LogP contribution is 2.06. The maximum atomic E-state index is 5.41. The van der Waals surface area contributed by atoms with Crippen molar-refractivity contribution in [3.05, 3.63) is 0 Å². The van der Waals surface area contributed by atoms with Crippen LogP contribution >= 0.6 is 0 Å². The first kappa shape index (κ1) is 37.3. The van der Waals surface area contributed by atoms with Crippen molar-refractivity contribution in [1.29, 1.82) is 0 Å². The summed E-state index contributed by atoms with van der Waals surface area (Å²) < 4.78 is 5.41. The molecule has 8 nitrogen and oxygen atoms in total. The van der Waals surface area contributed by atoms with Gasteiger partial charge in [-0.1, -0.05) is 34.6 Å². The van der Waals surface area contributed by atoms with Crippen molar-refractivity contribution < 1.29 is 4.74 Å². The molecule has 0 aliphatic carbocycles. The second kappa shape index (κ2) is 24.5. The SMILES string of the molecule is CCCN=C(N(C)C)N(CCC)CCC.CCN(CC)C(=NCC(C)C)N1CCOCC1.CN=C(C)C. The van der Waals surface area contributed by atoms with Gasteiger partial charge in [0.2, 0.25) is 0 Å². The third-order valence-electron chi connectivity index (χ3n) is 5.53. The quantitative estimate of drug-likeness (QED) is 0.290. The Morgan fingerprint density at radius 3 is 1.70 bits per heavy atom. The lowest BCUT2D eigenvalue weighted by atomic mass is 10.2. The summed E-state index contributed by atoms with van der Waals surface area (Å²) in [5, 5.41) is 0. The number of hydrogen-bond acceptors (Lipinski definition) is 4. The van der Waals surface area contributed by atoms with Crippen molar-refractivity contribution in [2.75, 3.05) is 86.7 Å². The van der Waals surface area contributed by atoms with Crippen LogP contribution in [0.25, 0.3) is 0 Å². The van der Waals surface area contributed by atoms with E-state index >= 15 is 0 Å². The Labute approximate surface area is 231 Å². The molecule has 0 aromatic carbocycles. The van der Waals surface area contributed by atoms with Crippen molar-refractivity contribution in [2.24, 2.45) is 20.9 Å². The number of guanidine groups is 2. The molecule has 0 amide bonds. The van der Waals surface area contributed by atoms with Gasteiger partial charge in [-0.25, -0.2) is 0 Å². The minimum absolute atomic E-state index is 0.613. The molecule has 1 aliphatic rings. The molecule has 0 aromatic rings. The molecule has 0 bridgehead atoms. The molecule has 1 saturated heterocycles. The van der Waals surface area contributed by atoms with E-state index in [1.807, 2.05) is 13.8 Å². The average Bonchev–Trinajstić information content (AvgIpc) is 2.88. The van der Waals surface area contributed by atoms with E-state index in [-0.39, 0.29) is 0 Å². The van der Waals surface area contributed by atoms with E-state index in [1.54, 1.807) is 7.05 Å². The summed E-state index contributed by atoms with van der Waals surface area (Å²) in [6.07, 6.45) is 3.47. The Balaban J connectivity index is 0. The van der Waals surface area contributed by atoms with Crippen LogP contribution in [0.1, 0.15) is 81.6 Å². The number of nitrogens with zero attached hydrogens (tertiary/aromatic N) is 7. The normalized spacial score (nSPS) is 13.8. The van der Waals surface area contributed by atoms with Crippen molar-refractivity contribution in [1.82, 2.24) is 19.6 Å². The van der Waals surface area contributed by atoms with E-state index in [0.717, 1.165) is 89.6 Å². The van der Waals surface area contributed by atoms with Gasteiger partial charge in [0.1, 0.15) is 0 Å². The molecule has 220 valence electrons. The topological polar surface area (TPSA) is 59.3 Å². The summed E-state index contributed by atoms with van der Waals surface area (Å²) >= 11 is 0. The molecular weight excluding hydrogens is 462 g/mol. The van der Waals surface area contributed by atoms with Gasteiger partial charge in [-0.15, -0.1) is 0 Å². The van der Waals surface area contributed by atoms with Gasteiger partial charge in [0, 0.05) is 79.2 Å². The van der Waals surface area contributed by atoms with Crippen LogP contribution in [0.3, 0.4) is 0 Å². The molecule has 1 heterocycles. The molecule has 0 radical (unpaired) electrons. The molecule has 0 spiro atoms. The summed E-state index contributed by atoms with van der Waals surface area (Å²) in [7, 11) is 5.94. The van der Waals surface area contributed by atoms with Crippen LogP contribution < -0.4 is 0 Å². The third-order valence-corrected chi connectivity index (χ3v) is 5.53. The fraction of sp³-hybridized carbons (Fsp3) is 0.897. The zero-order valence-electron chi connectivity index (χ0n) is 26.8. The first-order valence-electron chi connectivity index (χ1n) is 14.6. The lowest BCUT2D eigenvalue weighted by molar-refractivity contribution is 0.0623. The van der Waals surface area contributed by atoms with Crippen LogP contribution in [0.2, 0.25) is 0 Å².